The second-order valence-corrected chi connectivity index (χ2v) is 10.0. The van der Waals surface area contributed by atoms with Crippen molar-refractivity contribution >= 4 is 5.91 Å². The van der Waals surface area contributed by atoms with E-state index in [9.17, 15) is 4.79 Å². The molecule has 156 valence electrons. The van der Waals surface area contributed by atoms with Crippen LogP contribution in [0.25, 0.3) is 0 Å². The zero-order valence-electron chi connectivity index (χ0n) is 17.4. The highest BCUT2D eigenvalue weighted by Gasteiger charge is 2.60. The number of fused-ring (bicyclic) bond motifs is 1. The molecule has 1 aliphatic heterocycles. The summed E-state index contributed by atoms with van der Waals surface area (Å²) in [6, 6.07) is 17.0. The van der Waals surface area contributed by atoms with Crippen LogP contribution in [0.4, 0.5) is 0 Å². The molecule has 0 radical (unpaired) electrons. The van der Waals surface area contributed by atoms with Gasteiger partial charge >= 0.3 is 0 Å². The lowest BCUT2D eigenvalue weighted by Crippen LogP contribution is -2.59. The van der Waals surface area contributed by atoms with Gasteiger partial charge in [0.1, 0.15) is 13.2 Å². The van der Waals surface area contributed by atoms with Crippen molar-refractivity contribution in [2.24, 2.45) is 17.3 Å². The van der Waals surface area contributed by atoms with Gasteiger partial charge in [-0.1, -0.05) is 36.4 Å². The van der Waals surface area contributed by atoms with Crippen LogP contribution in [0.15, 0.2) is 48.5 Å². The molecule has 2 atom stereocenters. The van der Waals surface area contributed by atoms with Crippen molar-refractivity contribution in [3.05, 3.63) is 59.7 Å². The first-order valence-electron chi connectivity index (χ1n) is 11.4. The Morgan fingerprint density at radius 2 is 1.67 bits per heavy atom. The van der Waals surface area contributed by atoms with Crippen molar-refractivity contribution in [2.75, 3.05) is 13.2 Å². The molecule has 2 aromatic rings. The van der Waals surface area contributed by atoms with Gasteiger partial charge in [-0.05, 0) is 79.0 Å². The van der Waals surface area contributed by atoms with Gasteiger partial charge in [0.25, 0.3) is 0 Å². The summed E-state index contributed by atoms with van der Waals surface area (Å²) >= 11 is 0. The third-order valence-electron chi connectivity index (χ3n) is 7.99. The van der Waals surface area contributed by atoms with E-state index in [2.05, 4.69) is 35.6 Å². The van der Waals surface area contributed by atoms with Crippen molar-refractivity contribution < 1.29 is 14.3 Å². The van der Waals surface area contributed by atoms with Crippen molar-refractivity contribution in [2.45, 2.75) is 50.5 Å². The van der Waals surface area contributed by atoms with Gasteiger partial charge in [-0.2, -0.15) is 0 Å². The number of carbonyl (C=O) groups is 1. The van der Waals surface area contributed by atoms with Crippen LogP contribution in [0.2, 0.25) is 0 Å². The Labute approximate surface area is 178 Å². The summed E-state index contributed by atoms with van der Waals surface area (Å²) in [6.45, 7) is 1.72. The average molecular weight is 404 g/mol. The highest BCUT2D eigenvalue weighted by molar-refractivity contribution is 5.83. The number of hydrogen-bond acceptors (Lipinski definition) is 3. The Bertz CT molecular complexity index is 955. The number of rotatable bonds is 4. The Morgan fingerprint density at radius 1 is 0.933 bits per heavy atom. The van der Waals surface area contributed by atoms with Gasteiger partial charge in [0.2, 0.25) is 5.91 Å². The molecule has 30 heavy (non-hydrogen) atoms. The third kappa shape index (κ3) is 2.91. The van der Waals surface area contributed by atoms with Crippen LogP contribution in [0, 0.1) is 17.3 Å². The first-order chi connectivity index (χ1) is 14.6. The van der Waals surface area contributed by atoms with Crippen molar-refractivity contribution in [1.29, 1.82) is 0 Å². The summed E-state index contributed by atoms with van der Waals surface area (Å²) in [5, 5.41) is 3.30. The zero-order valence-corrected chi connectivity index (χ0v) is 17.4. The predicted octanol–water partition coefficient (Wildman–Crippen LogP) is 4.61. The number of ether oxygens (including phenoxy) is 2. The lowest BCUT2D eigenvalue weighted by molar-refractivity contribution is -0.149. The van der Waals surface area contributed by atoms with Crippen LogP contribution in [-0.4, -0.2) is 19.1 Å². The van der Waals surface area contributed by atoms with E-state index in [0.29, 0.717) is 31.6 Å². The van der Waals surface area contributed by atoms with Crippen LogP contribution in [-0.2, 0) is 16.8 Å². The summed E-state index contributed by atoms with van der Waals surface area (Å²) < 4.78 is 11.3. The molecule has 1 N–H and O–H groups in total. The summed E-state index contributed by atoms with van der Waals surface area (Å²) in [4.78, 5) is 13.6. The van der Waals surface area contributed by atoms with Gasteiger partial charge in [0.15, 0.2) is 11.5 Å². The van der Waals surface area contributed by atoms with Crippen LogP contribution < -0.4 is 14.8 Å². The minimum Gasteiger partial charge on any atom is -0.486 e. The highest BCUT2D eigenvalue weighted by Crippen LogP contribution is 2.65. The number of hydrogen-bond donors (Lipinski definition) is 1. The van der Waals surface area contributed by atoms with Crippen LogP contribution in [0.3, 0.4) is 0 Å². The maximum atomic E-state index is 13.6. The molecular formula is C26H29NO3. The molecule has 4 fully saturated rings. The van der Waals surface area contributed by atoms with E-state index >= 15 is 0 Å². The minimum absolute atomic E-state index is 0.194. The fourth-order valence-electron chi connectivity index (χ4n) is 7.23. The molecule has 0 saturated heterocycles. The SMILES string of the molecule is O=C(NCc1ccc2c(c1)OCCO2)C12CC3CC(C1)CC(c1ccccc1)(C3)C2. The van der Waals surface area contributed by atoms with Crippen LogP contribution >= 0.6 is 0 Å². The number of amides is 1. The largest absolute Gasteiger partial charge is 0.486 e. The van der Waals surface area contributed by atoms with Crippen molar-refractivity contribution in [3.63, 3.8) is 0 Å². The van der Waals surface area contributed by atoms with E-state index in [1.54, 1.807) is 0 Å². The molecule has 4 heteroatoms. The van der Waals surface area contributed by atoms with E-state index in [4.69, 9.17) is 9.47 Å². The molecule has 0 spiro atoms. The molecular weight excluding hydrogens is 374 g/mol. The molecule has 2 unspecified atom stereocenters. The molecule has 7 rings (SSSR count). The van der Waals surface area contributed by atoms with Crippen molar-refractivity contribution in [1.82, 2.24) is 5.32 Å². The van der Waals surface area contributed by atoms with Gasteiger partial charge in [-0.15, -0.1) is 0 Å². The summed E-state index contributed by atoms with van der Waals surface area (Å²) in [7, 11) is 0. The second-order valence-electron chi connectivity index (χ2n) is 10.0. The standard InChI is InChI=1S/C26H29NO3/c28-24(27-16-18-6-7-22-23(11-18)30-9-8-29-22)26-14-19-10-20(15-26)13-25(12-19,17-26)21-4-2-1-3-5-21/h1-7,11,19-20H,8-10,12-17H2,(H,27,28). The monoisotopic (exact) mass is 403 g/mol. The minimum atomic E-state index is -0.201. The van der Waals surface area contributed by atoms with E-state index in [1.807, 2.05) is 18.2 Å². The fraction of sp³-hybridized carbons (Fsp3) is 0.500. The Hall–Kier alpha value is -2.49. The molecule has 4 aliphatic carbocycles. The fourth-order valence-corrected chi connectivity index (χ4v) is 7.23. The first-order valence-corrected chi connectivity index (χ1v) is 11.4. The molecule has 2 aromatic carbocycles. The van der Waals surface area contributed by atoms with Gasteiger partial charge in [0, 0.05) is 6.54 Å². The molecule has 5 aliphatic rings. The molecule has 1 amide bonds. The average Bonchev–Trinajstić information content (AvgIpc) is 2.77. The maximum absolute atomic E-state index is 13.6. The number of carbonyl (C=O) groups excluding carboxylic acids is 1. The molecule has 4 nitrogen and oxygen atoms in total. The van der Waals surface area contributed by atoms with Crippen molar-refractivity contribution in [3.8, 4) is 11.5 Å². The van der Waals surface area contributed by atoms with E-state index in [-0.39, 0.29) is 16.7 Å². The normalized spacial score (nSPS) is 33.3. The Balaban J connectivity index is 1.22. The smallest absolute Gasteiger partial charge is 0.226 e. The van der Waals surface area contributed by atoms with E-state index in [0.717, 1.165) is 36.3 Å². The Morgan fingerprint density at radius 3 is 2.43 bits per heavy atom. The molecule has 4 bridgehead atoms. The van der Waals surface area contributed by atoms with E-state index in [1.165, 1.54) is 24.8 Å². The molecule has 0 aromatic heterocycles. The molecule has 1 heterocycles. The molecule has 4 saturated carbocycles. The van der Waals surface area contributed by atoms with Gasteiger partial charge < -0.3 is 14.8 Å². The van der Waals surface area contributed by atoms with Gasteiger partial charge in [0.05, 0.1) is 5.41 Å². The predicted molar refractivity (Wildman–Crippen MR) is 115 cm³/mol. The van der Waals surface area contributed by atoms with E-state index < -0.39 is 0 Å². The highest BCUT2D eigenvalue weighted by atomic mass is 16.6. The Kier molecular flexibility index (Phi) is 4.12. The topological polar surface area (TPSA) is 47.6 Å². The quantitative estimate of drug-likeness (QED) is 0.811. The third-order valence-corrected chi connectivity index (χ3v) is 7.99. The number of benzene rings is 2. The van der Waals surface area contributed by atoms with Crippen LogP contribution in [0.1, 0.15) is 49.7 Å². The summed E-state index contributed by atoms with van der Waals surface area (Å²) in [5.74, 6) is 3.21. The lowest BCUT2D eigenvalue weighted by Gasteiger charge is -2.61. The summed E-state index contributed by atoms with van der Waals surface area (Å²) in [6.07, 6.45) is 6.95. The zero-order chi connectivity index (χ0) is 20.2. The first kappa shape index (κ1) is 18.3. The lowest BCUT2D eigenvalue weighted by atomic mass is 9.42. The van der Waals surface area contributed by atoms with Crippen LogP contribution in [0.5, 0.6) is 11.5 Å². The second kappa shape index (κ2) is 6.76. The van der Waals surface area contributed by atoms with Gasteiger partial charge in [-0.3, -0.25) is 4.79 Å². The number of nitrogens with one attached hydrogen (secondary N) is 1. The van der Waals surface area contributed by atoms with Gasteiger partial charge in [-0.25, -0.2) is 0 Å². The maximum Gasteiger partial charge on any atom is 0.226 e. The summed E-state index contributed by atoms with van der Waals surface area (Å²) in [5.41, 5.74) is 2.51.